The number of nitriles is 1. The molecule has 0 radical (unpaired) electrons. The van der Waals surface area contributed by atoms with Crippen molar-refractivity contribution >= 4 is 22.9 Å². The average molecular weight is 427 g/mol. The van der Waals surface area contributed by atoms with Crippen molar-refractivity contribution in [3.63, 3.8) is 0 Å². The van der Waals surface area contributed by atoms with Crippen LogP contribution in [0.3, 0.4) is 0 Å². The summed E-state index contributed by atoms with van der Waals surface area (Å²) in [6, 6.07) is 7.74. The molecule has 0 aliphatic heterocycles. The van der Waals surface area contributed by atoms with Crippen LogP contribution < -0.4 is 5.32 Å². The Bertz CT molecular complexity index is 982. The first-order valence-electron chi connectivity index (χ1n) is 10.4. The Kier molecular flexibility index (Phi) is 7.92. The molecule has 0 spiro atoms. The fourth-order valence-corrected chi connectivity index (χ4v) is 3.29. The molecule has 31 heavy (non-hydrogen) atoms. The van der Waals surface area contributed by atoms with Crippen molar-refractivity contribution in [3.8, 4) is 6.07 Å². The minimum Gasteiger partial charge on any atom is -0.443 e. The van der Waals surface area contributed by atoms with E-state index in [1.165, 1.54) is 4.57 Å². The second-order valence-corrected chi connectivity index (χ2v) is 9.00. The number of aromatic nitrogens is 1. The molecule has 1 N–H and O–H groups in total. The molecule has 8 heteroatoms. The molecule has 1 amide bonds. The van der Waals surface area contributed by atoms with Crippen molar-refractivity contribution in [1.29, 1.82) is 5.26 Å². The predicted molar refractivity (Wildman–Crippen MR) is 118 cm³/mol. The number of nitrogens with zero attached hydrogens (tertiary/aromatic N) is 3. The number of fused-ring (bicyclic) bond motifs is 1. The van der Waals surface area contributed by atoms with E-state index >= 15 is 0 Å². The monoisotopic (exact) mass is 426 g/mol. The number of carbonyl (C=O) groups is 2. The lowest BCUT2D eigenvalue weighted by Crippen LogP contribution is -2.40. The second kappa shape index (κ2) is 10.2. The molecule has 2 rings (SSSR count). The minimum absolute atomic E-state index is 0.132. The van der Waals surface area contributed by atoms with E-state index in [1.54, 1.807) is 27.0 Å². The summed E-state index contributed by atoms with van der Waals surface area (Å²) in [7, 11) is 0. The van der Waals surface area contributed by atoms with Gasteiger partial charge < -0.3 is 10.1 Å². The van der Waals surface area contributed by atoms with Crippen molar-refractivity contribution in [2.45, 2.75) is 71.6 Å². The molecule has 166 valence electrons. The summed E-state index contributed by atoms with van der Waals surface area (Å²) < 4.78 is 6.95. The first-order chi connectivity index (χ1) is 14.6. The molecule has 1 heterocycles. The number of aryl methyl sites for hydroxylation is 1. The van der Waals surface area contributed by atoms with Gasteiger partial charge in [-0.25, -0.2) is 4.79 Å². The van der Waals surface area contributed by atoms with Gasteiger partial charge >= 0.3 is 6.09 Å². The predicted octanol–water partition coefficient (Wildman–Crippen LogP) is 4.55. The van der Waals surface area contributed by atoms with Gasteiger partial charge in [-0.15, -0.1) is 4.91 Å². The molecule has 0 aliphatic carbocycles. The highest BCUT2D eigenvalue weighted by Gasteiger charge is 2.24. The number of nitrogens with one attached hydrogen (secondary N) is 1. The smallest absolute Gasteiger partial charge is 0.419 e. The summed E-state index contributed by atoms with van der Waals surface area (Å²) in [5.74, 6) is -0.403. The highest BCUT2D eigenvalue weighted by Crippen LogP contribution is 2.24. The molecule has 8 nitrogen and oxygen atoms in total. The Labute approximate surface area is 182 Å². The Morgan fingerprint density at radius 3 is 2.52 bits per heavy atom. The Balaban J connectivity index is 2.16. The third kappa shape index (κ3) is 6.64. The van der Waals surface area contributed by atoms with Crippen LogP contribution in [-0.4, -0.2) is 34.3 Å². The van der Waals surface area contributed by atoms with Gasteiger partial charge in [-0.05, 0) is 57.6 Å². The normalized spacial score (nSPS) is 13.5. The molecule has 2 aromatic rings. The summed E-state index contributed by atoms with van der Waals surface area (Å²) in [4.78, 5) is 35.9. The number of benzene rings is 1. The summed E-state index contributed by atoms with van der Waals surface area (Å²) >= 11 is 0. The third-order valence-electron chi connectivity index (χ3n) is 4.68. The number of rotatable bonds is 8. The van der Waals surface area contributed by atoms with Crippen LogP contribution in [0.2, 0.25) is 0 Å². The molecule has 0 saturated heterocycles. The molecule has 0 fully saturated rings. The molecular weight excluding hydrogens is 396 g/mol. The van der Waals surface area contributed by atoms with Crippen LogP contribution in [0.1, 0.15) is 53.0 Å². The Hall–Kier alpha value is -3.21. The lowest BCUT2D eigenvalue weighted by atomic mass is 10.0. The first kappa shape index (κ1) is 24.1. The largest absolute Gasteiger partial charge is 0.443 e. The van der Waals surface area contributed by atoms with E-state index in [2.05, 4.69) is 16.6 Å². The number of carbonyl (C=O) groups excluding carboxylic acids is 2. The molecule has 0 aliphatic rings. The van der Waals surface area contributed by atoms with Gasteiger partial charge in [-0.1, -0.05) is 37.2 Å². The fourth-order valence-electron chi connectivity index (χ4n) is 3.29. The van der Waals surface area contributed by atoms with E-state index in [-0.39, 0.29) is 5.92 Å². The van der Waals surface area contributed by atoms with E-state index in [0.29, 0.717) is 24.8 Å². The average Bonchev–Trinajstić information content (AvgIpc) is 3.06. The standard InChI is InChI=1S/C23H30N4O4/c1-15(2)12-19(26-30)21(28)25-17(13-24)11-10-16-14-27(22(29)31-23(3,4)5)20-9-7-6-8-18(16)20/h6-9,14-15,17,19H,10-12H2,1-5H3,(H,25,28). The van der Waals surface area contributed by atoms with Crippen LogP contribution in [0.15, 0.2) is 35.6 Å². The number of amides is 1. The molecule has 1 aromatic carbocycles. The van der Waals surface area contributed by atoms with Crippen molar-refractivity contribution in [2.75, 3.05) is 0 Å². The lowest BCUT2D eigenvalue weighted by molar-refractivity contribution is -0.123. The van der Waals surface area contributed by atoms with Gasteiger partial charge in [0, 0.05) is 11.6 Å². The molecular formula is C23H30N4O4. The lowest BCUT2D eigenvalue weighted by Gasteiger charge is -2.19. The van der Waals surface area contributed by atoms with Crippen molar-refractivity contribution < 1.29 is 14.3 Å². The van der Waals surface area contributed by atoms with Gasteiger partial charge in [0.25, 0.3) is 0 Å². The fraction of sp³-hybridized carbons (Fsp3) is 0.522. The maximum atomic E-state index is 12.6. The van der Waals surface area contributed by atoms with Gasteiger partial charge in [-0.3, -0.25) is 9.36 Å². The SMILES string of the molecule is CC(C)CC(N=O)C(=O)NC(C#N)CCc1cn(C(=O)OC(C)(C)C)c2ccccc12. The third-order valence-corrected chi connectivity index (χ3v) is 4.68. The molecule has 1 aromatic heterocycles. The zero-order chi connectivity index (χ0) is 23.2. The van der Waals surface area contributed by atoms with Crippen LogP contribution in [0.25, 0.3) is 10.9 Å². The first-order valence-corrected chi connectivity index (χ1v) is 10.4. The molecule has 0 bridgehead atoms. The van der Waals surface area contributed by atoms with Crippen LogP contribution in [-0.2, 0) is 16.0 Å². The quantitative estimate of drug-likeness (QED) is 0.622. The summed E-state index contributed by atoms with van der Waals surface area (Å²) in [5, 5.41) is 15.9. The highest BCUT2D eigenvalue weighted by molar-refractivity contribution is 5.92. The number of ether oxygens (including phenoxy) is 1. The number of nitroso groups, excluding NO2 is 1. The molecule has 0 saturated carbocycles. The van der Waals surface area contributed by atoms with Crippen LogP contribution in [0.4, 0.5) is 4.79 Å². The van der Waals surface area contributed by atoms with E-state index in [9.17, 15) is 19.8 Å². The topological polar surface area (TPSA) is 114 Å². The second-order valence-electron chi connectivity index (χ2n) is 9.00. The molecule has 2 atom stereocenters. The zero-order valence-corrected chi connectivity index (χ0v) is 18.7. The van der Waals surface area contributed by atoms with Gasteiger partial charge in [-0.2, -0.15) is 5.26 Å². The summed E-state index contributed by atoms with van der Waals surface area (Å²) in [6.45, 7) is 9.21. The van der Waals surface area contributed by atoms with E-state index in [1.807, 2.05) is 38.1 Å². The van der Waals surface area contributed by atoms with Crippen molar-refractivity contribution in [2.24, 2.45) is 11.1 Å². The van der Waals surface area contributed by atoms with Gasteiger partial charge in [0.2, 0.25) is 5.91 Å². The van der Waals surface area contributed by atoms with E-state index in [4.69, 9.17) is 4.74 Å². The maximum absolute atomic E-state index is 12.6. The highest BCUT2D eigenvalue weighted by atomic mass is 16.6. The Morgan fingerprint density at radius 2 is 1.94 bits per heavy atom. The van der Waals surface area contributed by atoms with E-state index in [0.717, 1.165) is 10.9 Å². The van der Waals surface area contributed by atoms with Gasteiger partial charge in [0.1, 0.15) is 11.6 Å². The maximum Gasteiger partial charge on any atom is 0.419 e. The van der Waals surface area contributed by atoms with Crippen molar-refractivity contribution in [1.82, 2.24) is 9.88 Å². The van der Waals surface area contributed by atoms with Gasteiger partial charge in [0.05, 0.1) is 11.6 Å². The van der Waals surface area contributed by atoms with Gasteiger partial charge in [0.15, 0.2) is 6.04 Å². The van der Waals surface area contributed by atoms with Crippen LogP contribution >= 0.6 is 0 Å². The summed E-state index contributed by atoms with van der Waals surface area (Å²) in [5.41, 5.74) is 0.951. The Morgan fingerprint density at radius 1 is 1.26 bits per heavy atom. The number of hydrogen-bond donors (Lipinski definition) is 1. The summed E-state index contributed by atoms with van der Waals surface area (Å²) in [6.07, 6.45) is 2.35. The number of para-hydroxylation sites is 1. The number of hydrogen-bond acceptors (Lipinski definition) is 6. The molecule has 2 unspecified atom stereocenters. The van der Waals surface area contributed by atoms with Crippen LogP contribution in [0, 0.1) is 22.2 Å². The van der Waals surface area contributed by atoms with Crippen LogP contribution in [0.5, 0.6) is 0 Å². The zero-order valence-electron chi connectivity index (χ0n) is 18.7. The van der Waals surface area contributed by atoms with Crippen molar-refractivity contribution in [3.05, 3.63) is 40.9 Å². The van der Waals surface area contributed by atoms with E-state index < -0.39 is 29.7 Å². The minimum atomic E-state index is -1.01.